The fourth-order valence-corrected chi connectivity index (χ4v) is 5.15. The van der Waals surface area contributed by atoms with Crippen molar-refractivity contribution in [1.29, 1.82) is 0 Å². The third kappa shape index (κ3) is 5.28. The highest BCUT2D eigenvalue weighted by Crippen LogP contribution is 2.41. The summed E-state index contributed by atoms with van der Waals surface area (Å²) in [4.78, 5) is 9.18. The number of piperidine rings is 1. The van der Waals surface area contributed by atoms with Gasteiger partial charge in [-0.2, -0.15) is 0 Å². The molecule has 1 aromatic carbocycles. The van der Waals surface area contributed by atoms with Crippen molar-refractivity contribution < 1.29 is 18.3 Å². The van der Waals surface area contributed by atoms with E-state index in [1.165, 1.54) is 6.07 Å². The first-order chi connectivity index (χ1) is 17.1. The third-order valence-corrected chi connectivity index (χ3v) is 6.94. The second kappa shape index (κ2) is 10.7. The molecule has 0 bridgehead atoms. The van der Waals surface area contributed by atoms with Gasteiger partial charge in [0.2, 0.25) is 5.88 Å². The van der Waals surface area contributed by atoms with Crippen molar-refractivity contribution in [3.63, 3.8) is 0 Å². The number of halogens is 2. The molecule has 0 spiro atoms. The van der Waals surface area contributed by atoms with E-state index in [0.717, 1.165) is 66.8 Å². The zero-order chi connectivity index (χ0) is 24.2. The molecule has 2 aliphatic rings. The highest BCUT2D eigenvalue weighted by atomic mass is 19.1. The van der Waals surface area contributed by atoms with Gasteiger partial charge in [-0.25, -0.2) is 13.8 Å². The van der Waals surface area contributed by atoms with Crippen LogP contribution in [-0.2, 0) is 0 Å². The van der Waals surface area contributed by atoms with Crippen molar-refractivity contribution in [1.82, 2.24) is 20.6 Å². The van der Waals surface area contributed by atoms with Gasteiger partial charge in [0.15, 0.2) is 0 Å². The van der Waals surface area contributed by atoms with E-state index in [4.69, 9.17) is 9.47 Å². The van der Waals surface area contributed by atoms with Crippen molar-refractivity contribution in [2.75, 3.05) is 33.4 Å². The van der Waals surface area contributed by atoms with Crippen LogP contribution in [0, 0.1) is 17.6 Å². The second-order valence-corrected chi connectivity index (χ2v) is 9.19. The lowest BCUT2D eigenvalue weighted by Gasteiger charge is -2.33. The predicted molar refractivity (Wildman–Crippen MR) is 132 cm³/mol. The second-order valence-electron chi connectivity index (χ2n) is 9.19. The number of pyridine rings is 2. The Kier molecular flexibility index (Phi) is 7.20. The predicted octanol–water partition coefficient (Wildman–Crippen LogP) is 4.45. The minimum Gasteiger partial charge on any atom is -0.491 e. The van der Waals surface area contributed by atoms with Gasteiger partial charge >= 0.3 is 0 Å². The van der Waals surface area contributed by atoms with Crippen LogP contribution in [0.1, 0.15) is 36.3 Å². The molecule has 4 heterocycles. The Labute approximate surface area is 203 Å². The van der Waals surface area contributed by atoms with Crippen LogP contribution in [0.5, 0.6) is 11.6 Å². The van der Waals surface area contributed by atoms with E-state index in [2.05, 4.69) is 20.6 Å². The number of methoxy groups -OCH3 is 1. The summed E-state index contributed by atoms with van der Waals surface area (Å²) < 4.78 is 38.8. The van der Waals surface area contributed by atoms with Gasteiger partial charge in [0, 0.05) is 35.7 Å². The van der Waals surface area contributed by atoms with Crippen molar-refractivity contribution in [3.05, 3.63) is 65.4 Å². The zero-order valence-electron chi connectivity index (χ0n) is 19.8. The van der Waals surface area contributed by atoms with Gasteiger partial charge < -0.3 is 20.1 Å². The first kappa shape index (κ1) is 23.6. The molecule has 1 fully saturated rings. The van der Waals surface area contributed by atoms with Crippen LogP contribution in [0.4, 0.5) is 8.78 Å². The number of hydrogen-bond donors (Lipinski definition) is 2. The van der Waals surface area contributed by atoms with Crippen molar-refractivity contribution in [2.24, 2.45) is 5.92 Å². The molecule has 0 aliphatic carbocycles. The molecule has 1 saturated heterocycles. The monoisotopic (exact) mass is 480 g/mol. The Hall–Kier alpha value is -3.10. The van der Waals surface area contributed by atoms with Crippen molar-refractivity contribution in [3.8, 4) is 11.6 Å². The molecule has 3 atom stereocenters. The number of rotatable bonds is 8. The molecule has 6 nitrogen and oxygen atoms in total. The molecule has 0 amide bonds. The average molecular weight is 481 g/mol. The van der Waals surface area contributed by atoms with Gasteiger partial charge in [0.05, 0.1) is 25.4 Å². The van der Waals surface area contributed by atoms with E-state index < -0.39 is 11.6 Å². The van der Waals surface area contributed by atoms with Gasteiger partial charge in [0.1, 0.15) is 22.9 Å². The molecule has 2 aliphatic heterocycles. The Morgan fingerprint density at radius 2 is 2.20 bits per heavy atom. The van der Waals surface area contributed by atoms with Gasteiger partial charge in [0.25, 0.3) is 0 Å². The van der Waals surface area contributed by atoms with Crippen LogP contribution in [0.15, 0.2) is 42.6 Å². The van der Waals surface area contributed by atoms with Gasteiger partial charge in [-0.3, -0.25) is 4.98 Å². The van der Waals surface area contributed by atoms with E-state index in [1.54, 1.807) is 19.4 Å². The number of ether oxygens (including phenoxy) is 2. The van der Waals surface area contributed by atoms with Crippen LogP contribution >= 0.6 is 0 Å². The minimum absolute atomic E-state index is 0.166. The Bertz CT molecular complexity index is 1210. The minimum atomic E-state index is -0.447. The number of aromatic nitrogens is 2. The fraction of sp³-hybridized carbons (Fsp3) is 0.407. The number of hydrogen-bond acceptors (Lipinski definition) is 6. The summed E-state index contributed by atoms with van der Waals surface area (Å²) in [6.07, 6.45) is 8.41. The maximum atomic E-state index is 14.0. The molecule has 184 valence electrons. The van der Waals surface area contributed by atoms with Gasteiger partial charge in [-0.15, -0.1) is 0 Å². The summed E-state index contributed by atoms with van der Waals surface area (Å²) >= 11 is 0. The first-order valence-corrected chi connectivity index (χ1v) is 12.1. The highest BCUT2D eigenvalue weighted by molar-refractivity contribution is 5.81. The Balaban J connectivity index is 1.35. The molecule has 0 saturated carbocycles. The molecule has 0 radical (unpaired) electrons. The Morgan fingerprint density at radius 1 is 1.29 bits per heavy atom. The fourth-order valence-electron chi connectivity index (χ4n) is 5.15. The molecule has 2 aromatic heterocycles. The summed E-state index contributed by atoms with van der Waals surface area (Å²) in [6.45, 7) is 3.12. The smallest absolute Gasteiger partial charge is 0.213 e. The topological polar surface area (TPSA) is 68.3 Å². The summed E-state index contributed by atoms with van der Waals surface area (Å²) in [5.41, 5.74) is 2.98. The number of nitrogens with one attached hydrogen (secondary N) is 2. The standard InChI is InChI=1S/C27H30F2N4O2/c1-34-25-9-8-22-27(33-25)26-19(16-35-24(26)15-32-22)13-23(18-5-2-10-30-14-18)31-11-3-4-17-12-20(28)6-7-21(17)29/h3-4,6-9,12,15,18-19,23,30-31H,2,5,10-11,13-14,16H2,1H3/t18-,19?,23?/m0/s1. The molecule has 35 heavy (non-hydrogen) atoms. The van der Waals surface area contributed by atoms with Gasteiger partial charge in [-0.05, 0) is 62.5 Å². The van der Waals surface area contributed by atoms with Crippen LogP contribution in [0.2, 0.25) is 0 Å². The summed E-state index contributed by atoms with van der Waals surface area (Å²) in [6, 6.07) is 7.45. The molecular weight excluding hydrogens is 450 g/mol. The lowest BCUT2D eigenvalue weighted by atomic mass is 9.84. The average Bonchev–Trinajstić information content (AvgIpc) is 3.31. The number of nitrogens with zero attached hydrogens (tertiary/aromatic N) is 2. The normalized spacial score (nSPS) is 20.7. The Morgan fingerprint density at radius 3 is 3.03 bits per heavy atom. The lowest BCUT2D eigenvalue weighted by Crippen LogP contribution is -2.45. The van der Waals surface area contributed by atoms with Crippen LogP contribution in [0.3, 0.4) is 0 Å². The summed E-state index contributed by atoms with van der Waals surface area (Å²) in [5.74, 6) is 1.09. The van der Waals surface area contributed by atoms with E-state index >= 15 is 0 Å². The van der Waals surface area contributed by atoms with E-state index in [-0.39, 0.29) is 17.5 Å². The number of benzene rings is 1. The van der Waals surface area contributed by atoms with Crippen LogP contribution in [0.25, 0.3) is 17.1 Å². The van der Waals surface area contributed by atoms with Gasteiger partial charge in [-0.1, -0.05) is 12.2 Å². The molecule has 8 heteroatoms. The lowest BCUT2D eigenvalue weighted by molar-refractivity contribution is 0.249. The van der Waals surface area contributed by atoms with Crippen molar-refractivity contribution >= 4 is 17.1 Å². The molecule has 2 unspecified atom stereocenters. The molecule has 5 rings (SSSR count). The van der Waals surface area contributed by atoms with Crippen LogP contribution in [-0.4, -0.2) is 49.4 Å². The molecule has 2 N–H and O–H groups in total. The van der Waals surface area contributed by atoms with Crippen molar-refractivity contribution in [2.45, 2.75) is 31.2 Å². The van der Waals surface area contributed by atoms with Crippen LogP contribution < -0.4 is 20.1 Å². The molecule has 3 aromatic rings. The maximum Gasteiger partial charge on any atom is 0.213 e. The first-order valence-electron chi connectivity index (χ1n) is 12.1. The molecular formula is C27H30F2N4O2. The maximum absolute atomic E-state index is 14.0. The number of fused-ring (bicyclic) bond motifs is 3. The summed E-state index contributed by atoms with van der Waals surface area (Å²) in [5, 5.41) is 7.18. The van der Waals surface area contributed by atoms with E-state index in [1.807, 2.05) is 18.2 Å². The third-order valence-electron chi connectivity index (χ3n) is 6.94. The van der Waals surface area contributed by atoms with E-state index in [0.29, 0.717) is 24.9 Å². The highest BCUT2D eigenvalue weighted by Gasteiger charge is 2.33. The quantitative estimate of drug-likeness (QED) is 0.497. The largest absolute Gasteiger partial charge is 0.491 e. The zero-order valence-corrected chi connectivity index (χ0v) is 19.8. The SMILES string of the molecule is COc1ccc2ncc3c(c2n1)C(CC(NCC=Cc1cc(F)ccc1F)[C@H]1CCCNC1)CO3. The van der Waals surface area contributed by atoms with E-state index in [9.17, 15) is 8.78 Å². The summed E-state index contributed by atoms with van der Waals surface area (Å²) in [7, 11) is 1.61.